The van der Waals surface area contributed by atoms with Gasteiger partial charge >= 0.3 is 6.18 Å². The van der Waals surface area contributed by atoms with Crippen molar-refractivity contribution in [2.24, 2.45) is 5.92 Å². The molecule has 0 aliphatic carbocycles. The summed E-state index contributed by atoms with van der Waals surface area (Å²) >= 11 is 3.19. The van der Waals surface area contributed by atoms with Crippen molar-refractivity contribution >= 4 is 21.6 Å². The molecule has 0 amide bonds. The molecule has 19 heavy (non-hydrogen) atoms. The zero-order chi connectivity index (χ0) is 13.9. The minimum absolute atomic E-state index is 0.455. The second kappa shape index (κ2) is 6.13. The second-order valence-corrected chi connectivity index (χ2v) is 5.62. The van der Waals surface area contributed by atoms with Crippen LogP contribution in [0.2, 0.25) is 0 Å². The van der Waals surface area contributed by atoms with E-state index in [2.05, 4.69) is 26.6 Å². The van der Waals surface area contributed by atoms with E-state index in [-0.39, 0.29) is 0 Å². The maximum absolute atomic E-state index is 12.5. The summed E-state index contributed by atoms with van der Waals surface area (Å²) in [5, 5.41) is 6.51. The Bertz CT molecular complexity index is 428. The van der Waals surface area contributed by atoms with Gasteiger partial charge in [-0.1, -0.05) is 0 Å². The Morgan fingerprint density at radius 1 is 1.26 bits per heavy atom. The summed E-state index contributed by atoms with van der Waals surface area (Å²) in [6.07, 6.45) is -2.09. The van der Waals surface area contributed by atoms with Crippen molar-refractivity contribution in [2.45, 2.75) is 19.0 Å². The molecular formula is C13H16BrF3N2. The Balaban J connectivity index is 1.97. The quantitative estimate of drug-likeness (QED) is 0.875. The molecule has 1 aromatic carbocycles. The van der Waals surface area contributed by atoms with Crippen LogP contribution in [0, 0.1) is 5.92 Å². The van der Waals surface area contributed by atoms with Crippen molar-refractivity contribution in [1.82, 2.24) is 5.32 Å². The predicted octanol–water partition coefficient (Wildman–Crippen LogP) is 3.88. The van der Waals surface area contributed by atoms with Crippen LogP contribution in [0.15, 0.2) is 22.7 Å². The van der Waals surface area contributed by atoms with Crippen LogP contribution in [0.5, 0.6) is 0 Å². The van der Waals surface area contributed by atoms with Crippen LogP contribution in [0.4, 0.5) is 18.9 Å². The summed E-state index contributed by atoms with van der Waals surface area (Å²) in [5.41, 5.74) is 0.0818. The number of nitrogens with one attached hydrogen (secondary N) is 2. The van der Waals surface area contributed by atoms with Crippen LogP contribution >= 0.6 is 15.9 Å². The molecule has 1 aliphatic rings. The molecule has 2 rings (SSSR count). The van der Waals surface area contributed by atoms with Crippen LogP contribution < -0.4 is 10.6 Å². The van der Waals surface area contributed by atoms with Gasteiger partial charge in [-0.2, -0.15) is 13.2 Å². The van der Waals surface area contributed by atoms with E-state index in [1.807, 2.05) is 0 Å². The molecule has 1 aromatic rings. The Labute approximate surface area is 118 Å². The summed E-state index contributed by atoms with van der Waals surface area (Å²) in [4.78, 5) is 0. The molecule has 0 aromatic heterocycles. The average molecular weight is 337 g/mol. The van der Waals surface area contributed by atoms with Gasteiger partial charge in [-0.15, -0.1) is 0 Å². The summed E-state index contributed by atoms with van der Waals surface area (Å²) < 4.78 is 38.0. The van der Waals surface area contributed by atoms with Crippen LogP contribution in [0.1, 0.15) is 18.4 Å². The van der Waals surface area contributed by atoms with Crippen LogP contribution in [0.25, 0.3) is 0 Å². The first kappa shape index (κ1) is 14.7. The molecule has 1 saturated heterocycles. The van der Waals surface area contributed by atoms with Gasteiger partial charge in [-0.25, -0.2) is 0 Å². The van der Waals surface area contributed by atoms with Crippen molar-refractivity contribution in [3.63, 3.8) is 0 Å². The molecule has 6 heteroatoms. The molecule has 0 radical (unpaired) electrons. The number of anilines is 1. The second-order valence-electron chi connectivity index (χ2n) is 4.77. The van der Waals surface area contributed by atoms with Gasteiger partial charge in [-0.05, 0) is 66.0 Å². The molecule has 2 nitrogen and oxygen atoms in total. The minimum atomic E-state index is -4.30. The van der Waals surface area contributed by atoms with E-state index < -0.39 is 11.7 Å². The zero-order valence-electron chi connectivity index (χ0n) is 10.4. The topological polar surface area (TPSA) is 24.1 Å². The first-order chi connectivity index (χ1) is 8.97. The predicted molar refractivity (Wildman–Crippen MR) is 73.2 cm³/mol. The molecule has 1 heterocycles. The molecule has 0 saturated carbocycles. The zero-order valence-corrected chi connectivity index (χ0v) is 11.9. The number of halogens is 4. The van der Waals surface area contributed by atoms with Gasteiger partial charge in [0.2, 0.25) is 0 Å². The number of hydrogen-bond acceptors (Lipinski definition) is 2. The molecule has 0 bridgehead atoms. The van der Waals surface area contributed by atoms with Gasteiger partial charge in [0.1, 0.15) is 0 Å². The number of hydrogen-bond donors (Lipinski definition) is 2. The highest BCUT2D eigenvalue weighted by molar-refractivity contribution is 9.10. The summed E-state index contributed by atoms with van der Waals surface area (Å²) in [5.74, 6) is 0.579. The van der Waals surface area contributed by atoms with Crippen molar-refractivity contribution in [1.29, 1.82) is 0 Å². The number of alkyl halides is 3. The normalized spacial score (nSPS) is 17.5. The van der Waals surface area contributed by atoms with Crippen molar-refractivity contribution < 1.29 is 13.2 Å². The lowest BCUT2D eigenvalue weighted by Gasteiger charge is -2.23. The third-order valence-electron chi connectivity index (χ3n) is 3.34. The third kappa shape index (κ3) is 4.11. The molecule has 0 atom stereocenters. The fourth-order valence-corrected chi connectivity index (χ4v) is 2.69. The van der Waals surface area contributed by atoms with Gasteiger partial charge in [0, 0.05) is 16.7 Å². The minimum Gasteiger partial charge on any atom is -0.384 e. The largest absolute Gasteiger partial charge is 0.416 e. The highest BCUT2D eigenvalue weighted by Gasteiger charge is 2.30. The fourth-order valence-electron chi connectivity index (χ4n) is 2.17. The maximum Gasteiger partial charge on any atom is 0.416 e. The monoisotopic (exact) mass is 336 g/mol. The van der Waals surface area contributed by atoms with Gasteiger partial charge < -0.3 is 10.6 Å². The summed E-state index contributed by atoms with van der Waals surface area (Å²) in [6, 6.07) is 3.70. The summed E-state index contributed by atoms with van der Waals surface area (Å²) in [6.45, 7) is 2.83. The van der Waals surface area contributed by atoms with E-state index >= 15 is 0 Å². The third-order valence-corrected chi connectivity index (χ3v) is 3.99. The highest BCUT2D eigenvalue weighted by Crippen LogP contribution is 2.34. The lowest BCUT2D eigenvalue weighted by molar-refractivity contribution is -0.137. The molecule has 1 aliphatic heterocycles. The first-order valence-corrected chi connectivity index (χ1v) is 7.07. The Morgan fingerprint density at radius 3 is 2.53 bits per heavy atom. The summed E-state index contributed by atoms with van der Waals surface area (Å²) in [7, 11) is 0. The lowest BCUT2D eigenvalue weighted by atomic mass is 9.98. The SMILES string of the molecule is FC(F)(F)c1ccc(NCC2CCNCC2)c(Br)c1. The fraction of sp³-hybridized carbons (Fsp3) is 0.538. The van der Waals surface area contributed by atoms with E-state index in [4.69, 9.17) is 0 Å². The van der Waals surface area contributed by atoms with Crippen molar-refractivity contribution in [3.05, 3.63) is 28.2 Å². The van der Waals surface area contributed by atoms with E-state index in [1.165, 1.54) is 6.07 Å². The van der Waals surface area contributed by atoms with Gasteiger partial charge in [0.25, 0.3) is 0 Å². The van der Waals surface area contributed by atoms with Crippen LogP contribution in [-0.2, 0) is 6.18 Å². The van der Waals surface area contributed by atoms with Gasteiger partial charge in [-0.3, -0.25) is 0 Å². The molecule has 0 spiro atoms. The highest BCUT2D eigenvalue weighted by atomic mass is 79.9. The lowest BCUT2D eigenvalue weighted by Crippen LogP contribution is -2.31. The maximum atomic E-state index is 12.5. The number of rotatable bonds is 3. The average Bonchev–Trinajstić information content (AvgIpc) is 2.37. The standard InChI is InChI=1S/C13H16BrF3N2/c14-11-7-10(13(15,16)17)1-2-12(11)19-8-9-3-5-18-6-4-9/h1-2,7,9,18-19H,3-6,8H2. The van der Waals surface area contributed by atoms with Crippen molar-refractivity contribution in [2.75, 3.05) is 25.0 Å². The molecule has 0 unspecified atom stereocenters. The van der Waals surface area contributed by atoms with Gasteiger partial charge in [0.05, 0.1) is 5.56 Å². The molecule has 2 N–H and O–H groups in total. The Morgan fingerprint density at radius 2 is 1.95 bits per heavy atom. The first-order valence-electron chi connectivity index (χ1n) is 6.28. The molecule has 1 fully saturated rings. The van der Waals surface area contributed by atoms with Gasteiger partial charge in [0.15, 0.2) is 0 Å². The van der Waals surface area contributed by atoms with E-state index in [0.29, 0.717) is 16.1 Å². The van der Waals surface area contributed by atoms with Crippen molar-refractivity contribution in [3.8, 4) is 0 Å². The Hall–Kier alpha value is -0.750. The molecule has 106 valence electrons. The van der Waals surface area contributed by atoms with E-state index in [1.54, 1.807) is 0 Å². The van der Waals surface area contributed by atoms with E-state index in [0.717, 1.165) is 44.6 Å². The molecular weight excluding hydrogens is 321 g/mol. The number of piperidine rings is 1. The van der Waals surface area contributed by atoms with E-state index in [9.17, 15) is 13.2 Å². The number of benzene rings is 1. The smallest absolute Gasteiger partial charge is 0.384 e. The Kier molecular flexibility index (Phi) is 4.73. The van der Waals surface area contributed by atoms with Crippen LogP contribution in [-0.4, -0.2) is 19.6 Å². The van der Waals surface area contributed by atoms with Crippen LogP contribution in [0.3, 0.4) is 0 Å².